The van der Waals surface area contributed by atoms with E-state index in [4.69, 9.17) is 0 Å². The Morgan fingerprint density at radius 2 is 1.81 bits per heavy atom. The summed E-state index contributed by atoms with van der Waals surface area (Å²) in [5, 5.41) is 6.39. The van der Waals surface area contributed by atoms with Gasteiger partial charge in [-0.05, 0) is 25.0 Å². The summed E-state index contributed by atoms with van der Waals surface area (Å²) in [7, 11) is 0. The van der Waals surface area contributed by atoms with Crippen LogP contribution in [0.2, 0.25) is 0 Å². The van der Waals surface area contributed by atoms with Crippen molar-refractivity contribution in [3.8, 4) is 0 Å². The van der Waals surface area contributed by atoms with Crippen LogP contribution in [0.1, 0.15) is 38.5 Å². The summed E-state index contributed by atoms with van der Waals surface area (Å²) in [5.41, 5.74) is 0. The minimum atomic E-state index is 0.145. The first-order chi connectivity index (χ1) is 10.3. The van der Waals surface area contributed by atoms with Gasteiger partial charge in [0.1, 0.15) is 0 Å². The molecular weight excluding hydrogens is 280 g/mol. The molecule has 1 aliphatic carbocycles. The molecule has 1 aliphatic rings. The Labute approximate surface area is 132 Å². The summed E-state index contributed by atoms with van der Waals surface area (Å²) in [6.45, 7) is 1.30. The van der Waals surface area contributed by atoms with Gasteiger partial charge in [-0.2, -0.15) is 0 Å². The van der Waals surface area contributed by atoms with Crippen LogP contribution < -0.4 is 10.6 Å². The normalized spacial score (nSPS) is 16.4. The van der Waals surface area contributed by atoms with Crippen molar-refractivity contribution in [1.29, 1.82) is 0 Å². The molecule has 3 nitrogen and oxygen atoms in total. The van der Waals surface area contributed by atoms with Crippen molar-refractivity contribution >= 4 is 17.7 Å². The number of benzene rings is 1. The first-order valence-electron chi connectivity index (χ1n) is 8.02. The van der Waals surface area contributed by atoms with E-state index >= 15 is 0 Å². The van der Waals surface area contributed by atoms with Crippen LogP contribution in [0.4, 0.5) is 0 Å². The van der Waals surface area contributed by atoms with Crippen LogP contribution >= 0.6 is 11.8 Å². The summed E-state index contributed by atoms with van der Waals surface area (Å²) in [6, 6.07) is 10.8. The molecule has 0 bridgehead atoms. The van der Waals surface area contributed by atoms with Gasteiger partial charge in [-0.3, -0.25) is 4.79 Å². The van der Waals surface area contributed by atoms with E-state index < -0.39 is 0 Å². The van der Waals surface area contributed by atoms with Gasteiger partial charge in [0.15, 0.2) is 0 Å². The predicted molar refractivity (Wildman–Crippen MR) is 89.7 cm³/mol. The number of rotatable bonds is 7. The lowest BCUT2D eigenvalue weighted by Gasteiger charge is -2.16. The van der Waals surface area contributed by atoms with Crippen molar-refractivity contribution in [2.75, 3.05) is 18.8 Å². The molecular formula is C17H26N2OS. The Kier molecular flexibility index (Phi) is 7.68. The number of amides is 1. The molecule has 1 aromatic rings. The van der Waals surface area contributed by atoms with Crippen molar-refractivity contribution in [2.24, 2.45) is 0 Å². The highest BCUT2D eigenvalue weighted by Gasteiger charge is 2.14. The van der Waals surface area contributed by atoms with E-state index in [0.717, 1.165) is 25.1 Å². The summed E-state index contributed by atoms with van der Waals surface area (Å²) >= 11 is 1.82. The molecule has 0 atom stereocenters. The molecule has 1 fully saturated rings. The summed E-state index contributed by atoms with van der Waals surface area (Å²) in [5.74, 6) is 1.13. The molecule has 1 amide bonds. The first kappa shape index (κ1) is 16.4. The van der Waals surface area contributed by atoms with Crippen molar-refractivity contribution in [3.05, 3.63) is 30.3 Å². The van der Waals surface area contributed by atoms with E-state index in [9.17, 15) is 4.79 Å². The zero-order valence-corrected chi connectivity index (χ0v) is 13.5. The second-order valence-electron chi connectivity index (χ2n) is 5.59. The van der Waals surface area contributed by atoms with E-state index in [2.05, 4.69) is 34.9 Å². The fraction of sp³-hybridized carbons (Fsp3) is 0.588. The molecule has 0 radical (unpaired) electrons. The quantitative estimate of drug-likeness (QED) is 0.462. The molecule has 0 aromatic heterocycles. The minimum absolute atomic E-state index is 0.145. The highest BCUT2D eigenvalue weighted by atomic mass is 32.2. The Morgan fingerprint density at radius 3 is 2.52 bits per heavy atom. The van der Waals surface area contributed by atoms with Crippen LogP contribution in [-0.4, -0.2) is 30.8 Å². The van der Waals surface area contributed by atoms with Crippen LogP contribution in [-0.2, 0) is 4.79 Å². The SMILES string of the molecule is O=C(CNCCSc1ccccc1)NC1CCCCCC1. The van der Waals surface area contributed by atoms with Crippen LogP contribution in [0.15, 0.2) is 35.2 Å². The third-order valence-corrected chi connectivity index (χ3v) is 4.81. The Balaban J connectivity index is 1.52. The van der Waals surface area contributed by atoms with Crippen molar-refractivity contribution in [3.63, 3.8) is 0 Å². The zero-order chi connectivity index (χ0) is 14.8. The van der Waals surface area contributed by atoms with E-state index in [0.29, 0.717) is 12.6 Å². The van der Waals surface area contributed by atoms with Gasteiger partial charge < -0.3 is 10.6 Å². The zero-order valence-electron chi connectivity index (χ0n) is 12.6. The van der Waals surface area contributed by atoms with Crippen molar-refractivity contribution in [1.82, 2.24) is 10.6 Å². The smallest absolute Gasteiger partial charge is 0.234 e. The van der Waals surface area contributed by atoms with Gasteiger partial charge >= 0.3 is 0 Å². The highest BCUT2D eigenvalue weighted by molar-refractivity contribution is 7.99. The standard InChI is InChI=1S/C17H26N2OS/c20-17(19-15-8-4-1-2-5-9-15)14-18-12-13-21-16-10-6-3-7-11-16/h3,6-7,10-11,15,18H,1-2,4-5,8-9,12-14H2,(H,19,20). The van der Waals surface area contributed by atoms with Gasteiger partial charge in [0.2, 0.25) is 5.91 Å². The predicted octanol–water partition coefficient (Wildman–Crippen LogP) is 3.21. The number of nitrogens with one attached hydrogen (secondary N) is 2. The van der Waals surface area contributed by atoms with Crippen LogP contribution in [0, 0.1) is 0 Å². The third kappa shape index (κ3) is 7.00. The summed E-state index contributed by atoms with van der Waals surface area (Å²) < 4.78 is 0. The summed E-state index contributed by atoms with van der Waals surface area (Å²) in [4.78, 5) is 13.2. The molecule has 0 saturated heterocycles. The lowest BCUT2D eigenvalue weighted by atomic mass is 10.1. The van der Waals surface area contributed by atoms with E-state index in [-0.39, 0.29) is 5.91 Å². The van der Waals surface area contributed by atoms with Crippen LogP contribution in [0.5, 0.6) is 0 Å². The highest BCUT2D eigenvalue weighted by Crippen LogP contribution is 2.17. The minimum Gasteiger partial charge on any atom is -0.352 e. The number of hydrogen-bond acceptors (Lipinski definition) is 3. The van der Waals surface area contributed by atoms with Gasteiger partial charge in [-0.15, -0.1) is 11.8 Å². The van der Waals surface area contributed by atoms with Gasteiger partial charge in [0.25, 0.3) is 0 Å². The van der Waals surface area contributed by atoms with Crippen LogP contribution in [0.25, 0.3) is 0 Å². The average molecular weight is 306 g/mol. The van der Waals surface area contributed by atoms with Gasteiger partial charge in [-0.1, -0.05) is 43.9 Å². The molecule has 0 unspecified atom stereocenters. The second-order valence-corrected chi connectivity index (χ2v) is 6.76. The number of carbonyl (C=O) groups is 1. The number of carbonyl (C=O) groups excluding carboxylic acids is 1. The van der Waals surface area contributed by atoms with Gasteiger partial charge in [-0.25, -0.2) is 0 Å². The fourth-order valence-electron chi connectivity index (χ4n) is 2.66. The van der Waals surface area contributed by atoms with E-state index in [1.165, 1.54) is 30.6 Å². The third-order valence-electron chi connectivity index (χ3n) is 3.80. The van der Waals surface area contributed by atoms with E-state index in [1.54, 1.807) is 0 Å². The lowest BCUT2D eigenvalue weighted by Crippen LogP contribution is -2.40. The maximum atomic E-state index is 11.9. The molecule has 0 spiro atoms. The first-order valence-corrected chi connectivity index (χ1v) is 9.01. The average Bonchev–Trinajstić information content (AvgIpc) is 2.76. The number of thioether (sulfide) groups is 1. The van der Waals surface area contributed by atoms with Crippen molar-refractivity contribution in [2.45, 2.75) is 49.5 Å². The topological polar surface area (TPSA) is 41.1 Å². The Bertz CT molecular complexity index is 403. The van der Waals surface area contributed by atoms with Gasteiger partial charge in [0.05, 0.1) is 6.54 Å². The van der Waals surface area contributed by atoms with E-state index in [1.807, 2.05) is 17.8 Å². The van der Waals surface area contributed by atoms with Crippen molar-refractivity contribution < 1.29 is 4.79 Å². The Morgan fingerprint density at radius 1 is 1.10 bits per heavy atom. The molecule has 116 valence electrons. The molecule has 2 rings (SSSR count). The maximum absolute atomic E-state index is 11.9. The van der Waals surface area contributed by atoms with Gasteiger partial charge in [0, 0.05) is 23.2 Å². The molecule has 1 aromatic carbocycles. The molecule has 21 heavy (non-hydrogen) atoms. The van der Waals surface area contributed by atoms with Crippen LogP contribution in [0.3, 0.4) is 0 Å². The molecule has 4 heteroatoms. The number of hydrogen-bond donors (Lipinski definition) is 2. The summed E-state index contributed by atoms with van der Waals surface area (Å²) in [6.07, 6.45) is 7.45. The lowest BCUT2D eigenvalue weighted by molar-refractivity contribution is -0.121. The molecule has 1 saturated carbocycles. The largest absolute Gasteiger partial charge is 0.352 e. The molecule has 0 heterocycles. The molecule has 2 N–H and O–H groups in total. The Hall–Kier alpha value is -1.00. The maximum Gasteiger partial charge on any atom is 0.234 e. The monoisotopic (exact) mass is 306 g/mol. The fourth-order valence-corrected chi connectivity index (χ4v) is 3.49. The second kappa shape index (κ2) is 9.85. The molecule has 0 aliphatic heterocycles.